The number of thioether (sulfide) groups is 1. The summed E-state index contributed by atoms with van der Waals surface area (Å²) < 4.78 is 5.18. The number of hydrogen-bond acceptors (Lipinski definition) is 4. The van der Waals surface area contributed by atoms with E-state index in [2.05, 4.69) is 6.07 Å². The van der Waals surface area contributed by atoms with Crippen molar-refractivity contribution in [2.24, 2.45) is 0 Å². The molecule has 0 N–H and O–H groups in total. The smallest absolute Gasteiger partial charge is 0.126 e. The zero-order valence-electron chi connectivity index (χ0n) is 8.73. The van der Waals surface area contributed by atoms with E-state index in [0.29, 0.717) is 0 Å². The molecule has 1 aliphatic rings. The van der Waals surface area contributed by atoms with Crippen molar-refractivity contribution < 1.29 is 4.74 Å². The van der Waals surface area contributed by atoms with E-state index < -0.39 is 0 Å². The average molecular weight is 220 g/mol. The normalized spacial score (nSPS) is 19.3. The van der Waals surface area contributed by atoms with Crippen molar-refractivity contribution in [2.45, 2.75) is 10.9 Å². The molecule has 1 atom stereocenters. The number of rotatable bonds is 1. The van der Waals surface area contributed by atoms with Crippen molar-refractivity contribution in [1.82, 2.24) is 0 Å². The fourth-order valence-corrected chi connectivity index (χ4v) is 2.74. The van der Waals surface area contributed by atoms with Gasteiger partial charge in [0.1, 0.15) is 11.8 Å². The van der Waals surface area contributed by atoms with Gasteiger partial charge in [0, 0.05) is 23.8 Å². The summed E-state index contributed by atoms with van der Waals surface area (Å²) in [5.74, 6) is 1.66. The van der Waals surface area contributed by atoms with Gasteiger partial charge in [-0.25, -0.2) is 0 Å². The Hall–Kier alpha value is -1.34. The van der Waals surface area contributed by atoms with E-state index in [1.807, 2.05) is 30.1 Å². The lowest BCUT2D eigenvalue weighted by Gasteiger charge is -2.31. The molecule has 0 saturated heterocycles. The van der Waals surface area contributed by atoms with Crippen LogP contribution in [0.5, 0.6) is 5.75 Å². The van der Waals surface area contributed by atoms with Crippen LogP contribution in [0.25, 0.3) is 0 Å². The maximum Gasteiger partial charge on any atom is 0.126 e. The van der Waals surface area contributed by atoms with E-state index in [4.69, 9.17) is 10.00 Å². The predicted molar refractivity (Wildman–Crippen MR) is 61.5 cm³/mol. The van der Waals surface area contributed by atoms with Crippen molar-refractivity contribution >= 4 is 17.4 Å². The van der Waals surface area contributed by atoms with E-state index in [1.54, 1.807) is 18.9 Å². The molecule has 1 aromatic carbocycles. The molecule has 15 heavy (non-hydrogen) atoms. The first-order chi connectivity index (χ1) is 7.26. The van der Waals surface area contributed by atoms with E-state index in [-0.39, 0.29) is 6.04 Å². The fourth-order valence-electron chi connectivity index (χ4n) is 1.59. The number of fused-ring (bicyclic) bond motifs is 1. The highest BCUT2D eigenvalue weighted by Gasteiger charge is 2.23. The zero-order valence-corrected chi connectivity index (χ0v) is 9.54. The summed E-state index contributed by atoms with van der Waals surface area (Å²) in [6.07, 6.45) is 0. The Kier molecular flexibility index (Phi) is 2.74. The Morgan fingerprint density at radius 1 is 1.60 bits per heavy atom. The van der Waals surface area contributed by atoms with Crippen LogP contribution in [0.1, 0.15) is 0 Å². The van der Waals surface area contributed by atoms with E-state index >= 15 is 0 Å². The predicted octanol–water partition coefficient (Wildman–Crippen LogP) is 2.13. The maximum absolute atomic E-state index is 8.98. The van der Waals surface area contributed by atoms with Gasteiger partial charge in [-0.05, 0) is 12.1 Å². The molecule has 1 heterocycles. The van der Waals surface area contributed by atoms with Gasteiger partial charge in [0.2, 0.25) is 0 Å². The molecule has 0 spiro atoms. The first-order valence-corrected chi connectivity index (χ1v) is 5.68. The van der Waals surface area contributed by atoms with Crippen molar-refractivity contribution in [3.05, 3.63) is 18.2 Å². The molecule has 0 bridgehead atoms. The summed E-state index contributed by atoms with van der Waals surface area (Å²) in [5.41, 5.74) is 1.08. The SMILES string of the molecule is COc1ccc2c(c1)N(C)C(C#N)CS2. The van der Waals surface area contributed by atoms with Gasteiger partial charge >= 0.3 is 0 Å². The Morgan fingerprint density at radius 2 is 2.40 bits per heavy atom. The molecule has 0 radical (unpaired) electrons. The first kappa shape index (κ1) is 10.2. The summed E-state index contributed by atoms with van der Waals surface area (Å²) in [5, 5.41) is 8.98. The number of nitrogens with zero attached hydrogens (tertiary/aromatic N) is 2. The first-order valence-electron chi connectivity index (χ1n) is 4.69. The third-order valence-corrected chi connectivity index (χ3v) is 3.70. The molecule has 1 unspecified atom stereocenters. The lowest BCUT2D eigenvalue weighted by Crippen LogP contribution is -2.35. The minimum Gasteiger partial charge on any atom is -0.497 e. The van der Waals surface area contributed by atoms with Crippen LogP contribution in [-0.2, 0) is 0 Å². The number of hydrogen-bond donors (Lipinski definition) is 0. The minimum absolute atomic E-state index is 0.0467. The van der Waals surface area contributed by atoms with E-state index in [0.717, 1.165) is 17.2 Å². The highest BCUT2D eigenvalue weighted by atomic mass is 32.2. The molecular weight excluding hydrogens is 208 g/mol. The van der Waals surface area contributed by atoms with Gasteiger partial charge in [0.25, 0.3) is 0 Å². The van der Waals surface area contributed by atoms with Crippen LogP contribution < -0.4 is 9.64 Å². The summed E-state index contributed by atoms with van der Waals surface area (Å²) in [6, 6.07) is 8.22. The molecule has 4 heteroatoms. The van der Waals surface area contributed by atoms with Crippen LogP contribution in [0, 0.1) is 11.3 Å². The second-order valence-electron chi connectivity index (χ2n) is 3.40. The van der Waals surface area contributed by atoms with E-state index in [1.165, 1.54) is 4.90 Å². The van der Waals surface area contributed by atoms with Gasteiger partial charge < -0.3 is 9.64 Å². The molecule has 0 saturated carbocycles. The molecule has 0 aliphatic carbocycles. The van der Waals surface area contributed by atoms with Gasteiger partial charge in [-0.1, -0.05) is 0 Å². The zero-order chi connectivity index (χ0) is 10.8. The summed E-state index contributed by atoms with van der Waals surface area (Å²) in [6.45, 7) is 0. The molecule has 3 nitrogen and oxygen atoms in total. The van der Waals surface area contributed by atoms with E-state index in [9.17, 15) is 0 Å². The Balaban J connectivity index is 2.41. The van der Waals surface area contributed by atoms with Crippen molar-refractivity contribution in [3.8, 4) is 11.8 Å². The van der Waals surface area contributed by atoms with Crippen LogP contribution in [-0.4, -0.2) is 26.0 Å². The third kappa shape index (κ3) is 1.75. The molecule has 0 fully saturated rings. The second-order valence-corrected chi connectivity index (χ2v) is 4.46. The van der Waals surface area contributed by atoms with Crippen molar-refractivity contribution in [1.29, 1.82) is 5.26 Å². The average Bonchev–Trinajstić information content (AvgIpc) is 2.29. The topological polar surface area (TPSA) is 36.3 Å². The fraction of sp³-hybridized carbons (Fsp3) is 0.364. The Bertz CT molecular complexity index is 414. The lowest BCUT2D eigenvalue weighted by atomic mass is 10.2. The van der Waals surface area contributed by atoms with Gasteiger partial charge in [0.05, 0.1) is 18.9 Å². The standard InChI is InChI=1S/C11H12N2OS/c1-13-8(6-12)7-15-11-4-3-9(14-2)5-10(11)13/h3-5,8H,7H2,1-2H3. The third-order valence-electron chi connectivity index (χ3n) is 2.56. The molecular formula is C11H12N2OS. The molecule has 0 aromatic heterocycles. The quantitative estimate of drug-likeness (QED) is 0.726. The van der Waals surface area contributed by atoms with Crippen LogP contribution in [0.3, 0.4) is 0 Å². The Labute approximate surface area is 93.6 Å². The summed E-state index contributed by atoms with van der Waals surface area (Å²) in [4.78, 5) is 3.22. The van der Waals surface area contributed by atoms with Crippen LogP contribution in [0.15, 0.2) is 23.1 Å². The lowest BCUT2D eigenvalue weighted by molar-refractivity contribution is 0.414. The summed E-state index contributed by atoms with van der Waals surface area (Å²) in [7, 11) is 3.60. The molecule has 78 valence electrons. The van der Waals surface area contributed by atoms with Gasteiger partial charge in [-0.3, -0.25) is 0 Å². The number of benzene rings is 1. The molecule has 2 rings (SSSR count). The van der Waals surface area contributed by atoms with Crippen molar-refractivity contribution in [2.75, 3.05) is 24.8 Å². The number of nitriles is 1. The number of anilines is 1. The maximum atomic E-state index is 8.98. The highest BCUT2D eigenvalue weighted by Crippen LogP contribution is 2.38. The number of ether oxygens (including phenoxy) is 1. The second kappa shape index (κ2) is 4.03. The van der Waals surface area contributed by atoms with Crippen molar-refractivity contribution in [3.63, 3.8) is 0 Å². The van der Waals surface area contributed by atoms with Crippen LogP contribution in [0.2, 0.25) is 0 Å². The van der Waals surface area contributed by atoms with Gasteiger partial charge in [-0.15, -0.1) is 11.8 Å². The molecule has 0 amide bonds. The largest absolute Gasteiger partial charge is 0.497 e. The Morgan fingerprint density at radius 3 is 3.07 bits per heavy atom. The van der Waals surface area contributed by atoms with Gasteiger partial charge in [0.15, 0.2) is 0 Å². The molecule has 1 aliphatic heterocycles. The summed E-state index contributed by atoms with van der Waals surface area (Å²) >= 11 is 1.72. The van der Waals surface area contributed by atoms with Crippen LogP contribution >= 0.6 is 11.8 Å². The highest BCUT2D eigenvalue weighted by molar-refractivity contribution is 7.99. The molecule has 1 aromatic rings. The monoisotopic (exact) mass is 220 g/mol. The van der Waals surface area contributed by atoms with Gasteiger partial charge in [-0.2, -0.15) is 5.26 Å². The van der Waals surface area contributed by atoms with Crippen LogP contribution in [0.4, 0.5) is 5.69 Å². The number of methoxy groups -OCH3 is 1. The minimum atomic E-state index is -0.0467.